The second kappa shape index (κ2) is 6.04. The Kier molecular flexibility index (Phi) is 5.00. The maximum atomic E-state index is 11.3. The van der Waals surface area contributed by atoms with E-state index in [9.17, 15) is 9.90 Å². The lowest BCUT2D eigenvalue weighted by Crippen LogP contribution is -2.28. The van der Waals surface area contributed by atoms with Gasteiger partial charge in [0.15, 0.2) is 0 Å². The van der Waals surface area contributed by atoms with Crippen LogP contribution in [0.25, 0.3) is 0 Å². The van der Waals surface area contributed by atoms with Crippen molar-refractivity contribution >= 4 is 5.97 Å². The number of esters is 1. The van der Waals surface area contributed by atoms with Gasteiger partial charge in [0.2, 0.25) is 0 Å². The average molecular weight is 226 g/mol. The number of allylic oxidation sites excluding steroid dienone is 2. The second-order valence-corrected chi connectivity index (χ2v) is 4.77. The number of rotatable bonds is 4. The van der Waals surface area contributed by atoms with Gasteiger partial charge in [-0.05, 0) is 38.5 Å². The van der Waals surface area contributed by atoms with E-state index in [0.717, 1.165) is 12.8 Å². The number of aliphatic hydroxyl groups is 1. The molecule has 3 atom stereocenters. The van der Waals surface area contributed by atoms with E-state index in [-0.39, 0.29) is 18.3 Å². The van der Waals surface area contributed by atoms with Gasteiger partial charge in [0.1, 0.15) is 0 Å². The van der Waals surface area contributed by atoms with Crippen LogP contribution in [-0.2, 0) is 9.53 Å². The number of aliphatic hydroxyl groups excluding tert-OH is 1. The molecule has 1 rings (SSSR count). The van der Waals surface area contributed by atoms with Gasteiger partial charge in [0.25, 0.3) is 0 Å². The summed E-state index contributed by atoms with van der Waals surface area (Å²) in [5, 5.41) is 9.98. The summed E-state index contributed by atoms with van der Waals surface area (Å²) in [5.74, 6) is 0.398. The summed E-state index contributed by atoms with van der Waals surface area (Å²) in [6.07, 6.45) is 3.65. The van der Waals surface area contributed by atoms with E-state index in [4.69, 9.17) is 4.74 Å². The Hall–Kier alpha value is -0.830. The van der Waals surface area contributed by atoms with E-state index >= 15 is 0 Å². The highest BCUT2D eigenvalue weighted by Gasteiger charge is 2.26. The quantitative estimate of drug-likeness (QED) is 0.591. The molecule has 3 nitrogen and oxygen atoms in total. The highest BCUT2D eigenvalue weighted by Crippen LogP contribution is 2.31. The first-order valence-corrected chi connectivity index (χ1v) is 6.04. The molecule has 0 heterocycles. The Morgan fingerprint density at radius 2 is 2.38 bits per heavy atom. The predicted molar refractivity (Wildman–Crippen MR) is 62.9 cm³/mol. The average Bonchev–Trinajstić information content (AvgIpc) is 2.16. The van der Waals surface area contributed by atoms with E-state index in [1.165, 1.54) is 5.57 Å². The van der Waals surface area contributed by atoms with Crippen molar-refractivity contribution in [3.05, 3.63) is 11.6 Å². The first kappa shape index (κ1) is 13.2. The van der Waals surface area contributed by atoms with Crippen molar-refractivity contribution in [3.8, 4) is 0 Å². The summed E-state index contributed by atoms with van der Waals surface area (Å²) in [5.41, 5.74) is 1.31. The molecular formula is C13H22O3. The molecule has 3 unspecified atom stereocenters. The third-order valence-electron chi connectivity index (χ3n) is 3.05. The van der Waals surface area contributed by atoms with Crippen molar-refractivity contribution in [3.63, 3.8) is 0 Å². The molecule has 0 bridgehead atoms. The molecule has 0 saturated carbocycles. The van der Waals surface area contributed by atoms with Crippen LogP contribution in [0.15, 0.2) is 11.6 Å². The Bertz CT molecular complexity index is 270. The summed E-state index contributed by atoms with van der Waals surface area (Å²) >= 11 is 0. The fraction of sp³-hybridized carbons (Fsp3) is 0.769. The maximum absolute atomic E-state index is 11.3. The molecule has 1 N–H and O–H groups in total. The largest absolute Gasteiger partial charge is 0.466 e. The predicted octanol–water partition coefficient (Wildman–Crippen LogP) is 2.29. The molecule has 1 aliphatic carbocycles. The van der Waals surface area contributed by atoms with Crippen LogP contribution in [0.3, 0.4) is 0 Å². The minimum absolute atomic E-state index is 0.124. The summed E-state index contributed by atoms with van der Waals surface area (Å²) in [6, 6.07) is 0. The van der Waals surface area contributed by atoms with Crippen LogP contribution in [0.5, 0.6) is 0 Å². The zero-order chi connectivity index (χ0) is 12.1. The van der Waals surface area contributed by atoms with E-state index in [1.54, 1.807) is 6.92 Å². The smallest absolute Gasteiger partial charge is 0.308 e. The number of carbonyl (C=O) groups is 1. The van der Waals surface area contributed by atoms with Gasteiger partial charge in [-0.1, -0.05) is 18.6 Å². The third-order valence-corrected chi connectivity index (χ3v) is 3.05. The molecule has 0 saturated heterocycles. The number of carbonyl (C=O) groups excluding carboxylic acids is 1. The first-order valence-electron chi connectivity index (χ1n) is 6.04. The van der Waals surface area contributed by atoms with E-state index in [1.807, 2.05) is 0 Å². The maximum Gasteiger partial charge on any atom is 0.308 e. The minimum Gasteiger partial charge on any atom is -0.466 e. The van der Waals surface area contributed by atoms with Crippen molar-refractivity contribution in [2.75, 3.05) is 6.61 Å². The van der Waals surface area contributed by atoms with Gasteiger partial charge in [0, 0.05) is 0 Å². The molecule has 0 aromatic rings. The summed E-state index contributed by atoms with van der Waals surface area (Å²) in [7, 11) is 0. The Balaban J connectivity index is 2.45. The number of ether oxygens (including phenoxy) is 1. The van der Waals surface area contributed by atoms with Gasteiger partial charge in [-0.3, -0.25) is 4.79 Å². The molecule has 0 spiro atoms. The number of hydrogen-bond donors (Lipinski definition) is 1. The second-order valence-electron chi connectivity index (χ2n) is 4.77. The molecule has 0 fully saturated rings. The van der Waals surface area contributed by atoms with Crippen LogP contribution < -0.4 is 0 Å². The third kappa shape index (κ3) is 3.97. The van der Waals surface area contributed by atoms with E-state index < -0.39 is 6.10 Å². The lowest BCUT2D eigenvalue weighted by atomic mass is 9.80. The van der Waals surface area contributed by atoms with Crippen molar-refractivity contribution in [2.24, 2.45) is 11.8 Å². The fourth-order valence-corrected chi connectivity index (χ4v) is 2.45. The lowest BCUT2D eigenvalue weighted by molar-refractivity contribution is -0.146. The van der Waals surface area contributed by atoms with Gasteiger partial charge in [-0.15, -0.1) is 0 Å². The van der Waals surface area contributed by atoms with E-state index in [0.29, 0.717) is 12.5 Å². The zero-order valence-electron chi connectivity index (χ0n) is 10.4. The highest BCUT2D eigenvalue weighted by molar-refractivity contribution is 5.69. The van der Waals surface area contributed by atoms with Gasteiger partial charge in [-0.2, -0.15) is 0 Å². The standard InChI is InChI=1S/C13H22O3/c1-4-16-13(15)8-12(14)11-6-9(2)5-10(3)7-11/h5,9,11-12,14H,4,6-8H2,1-3H3. The van der Waals surface area contributed by atoms with E-state index in [2.05, 4.69) is 19.9 Å². The van der Waals surface area contributed by atoms with Crippen LogP contribution in [-0.4, -0.2) is 23.8 Å². The summed E-state index contributed by atoms with van der Waals surface area (Å²) < 4.78 is 4.84. The SMILES string of the molecule is CCOC(=O)CC(O)C1CC(C)=CC(C)C1. The topological polar surface area (TPSA) is 46.5 Å². The number of hydrogen-bond acceptors (Lipinski definition) is 3. The van der Waals surface area contributed by atoms with Crippen LogP contribution in [0.4, 0.5) is 0 Å². The molecule has 0 radical (unpaired) electrons. The molecule has 0 aliphatic heterocycles. The molecular weight excluding hydrogens is 204 g/mol. The van der Waals surface area contributed by atoms with Crippen LogP contribution in [0.2, 0.25) is 0 Å². The lowest BCUT2D eigenvalue weighted by Gasteiger charge is -2.28. The van der Waals surface area contributed by atoms with Gasteiger partial charge >= 0.3 is 5.97 Å². The molecule has 0 amide bonds. The summed E-state index contributed by atoms with van der Waals surface area (Å²) in [4.78, 5) is 11.3. The monoisotopic (exact) mass is 226 g/mol. The molecule has 1 aliphatic rings. The van der Waals surface area contributed by atoms with Gasteiger partial charge in [0.05, 0.1) is 19.1 Å². The fourth-order valence-electron chi connectivity index (χ4n) is 2.45. The first-order chi connectivity index (χ1) is 7.52. The van der Waals surface area contributed by atoms with Crippen molar-refractivity contribution in [1.29, 1.82) is 0 Å². The Labute approximate surface area is 97.5 Å². The molecule has 3 heteroatoms. The van der Waals surface area contributed by atoms with Crippen molar-refractivity contribution < 1.29 is 14.6 Å². The minimum atomic E-state index is -0.565. The van der Waals surface area contributed by atoms with Crippen LogP contribution >= 0.6 is 0 Å². The molecule has 0 aromatic carbocycles. The van der Waals surface area contributed by atoms with Crippen LogP contribution in [0, 0.1) is 11.8 Å². The zero-order valence-corrected chi connectivity index (χ0v) is 10.4. The Morgan fingerprint density at radius 3 is 2.94 bits per heavy atom. The highest BCUT2D eigenvalue weighted by atomic mass is 16.5. The molecule has 92 valence electrons. The normalized spacial score (nSPS) is 27.1. The van der Waals surface area contributed by atoms with Gasteiger partial charge in [-0.25, -0.2) is 0 Å². The van der Waals surface area contributed by atoms with Crippen LogP contribution in [0.1, 0.15) is 40.0 Å². The van der Waals surface area contributed by atoms with Crippen molar-refractivity contribution in [2.45, 2.75) is 46.1 Å². The molecule has 16 heavy (non-hydrogen) atoms. The van der Waals surface area contributed by atoms with Crippen molar-refractivity contribution in [1.82, 2.24) is 0 Å². The van der Waals surface area contributed by atoms with Gasteiger partial charge < -0.3 is 9.84 Å². The Morgan fingerprint density at radius 1 is 1.69 bits per heavy atom. The molecule has 0 aromatic heterocycles. The summed E-state index contributed by atoms with van der Waals surface area (Å²) in [6.45, 7) is 6.39.